The number of aromatic nitrogens is 2. The van der Waals surface area contributed by atoms with Crippen molar-refractivity contribution in [2.24, 2.45) is 5.73 Å². The van der Waals surface area contributed by atoms with Crippen LogP contribution in [0.25, 0.3) is 0 Å². The minimum atomic E-state index is 0.607. The molecule has 0 bridgehead atoms. The van der Waals surface area contributed by atoms with Gasteiger partial charge in [-0.1, -0.05) is 0 Å². The van der Waals surface area contributed by atoms with Crippen LogP contribution < -0.4 is 16.0 Å². The quantitative estimate of drug-likeness (QED) is 0.788. The number of nitrogens with zero attached hydrogens (tertiary/aromatic N) is 3. The summed E-state index contributed by atoms with van der Waals surface area (Å²) in [7, 11) is 0. The summed E-state index contributed by atoms with van der Waals surface area (Å²) in [4.78, 5) is 11.0. The van der Waals surface area contributed by atoms with Gasteiger partial charge in [-0.2, -0.15) is 0 Å². The van der Waals surface area contributed by atoms with E-state index in [9.17, 15) is 0 Å². The van der Waals surface area contributed by atoms with Crippen LogP contribution in [0.15, 0.2) is 12.4 Å². The molecule has 88 valence electrons. The normalized spacial score (nSPS) is 16.2. The van der Waals surface area contributed by atoms with Crippen molar-refractivity contribution in [1.29, 1.82) is 0 Å². The Bertz CT molecular complexity index is 322. The van der Waals surface area contributed by atoms with Gasteiger partial charge in [0.25, 0.3) is 0 Å². The molecule has 1 saturated heterocycles. The molecule has 5 nitrogen and oxygen atoms in total. The predicted molar refractivity (Wildman–Crippen MR) is 65.6 cm³/mol. The average Bonchev–Trinajstić information content (AvgIpc) is 2.38. The smallest absolute Gasteiger partial charge is 0.171 e. The fourth-order valence-electron chi connectivity index (χ4n) is 1.98. The molecule has 0 amide bonds. The van der Waals surface area contributed by atoms with Crippen LogP contribution >= 0.6 is 0 Å². The zero-order chi connectivity index (χ0) is 11.2. The first-order valence-electron chi connectivity index (χ1n) is 5.91. The number of anilines is 2. The highest BCUT2D eigenvalue weighted by Crippen LogP contribution is 2.23. The van der Waals surface area contributed by atoms with Gasteiger partial charge in [-0.05, 0) is 19.3 Å². The SMILES string of the molecule is NCCNc1nccnc1N1CCCCC1. The Morgan fingerprint density at radius 1 is 1.19 bits per heavy atom. The summed E-state index contributed by atoms with van der Waals surface area (Å²) in [6.07, 6.45) is 7.27. The molecule has 0 aliphatic carbocycles. The van der Waals surface area contributed by atoms with Crippen molar-refractivity contribution in [3.05, 3.63) is 12.4 Å². The third-order valence-corrected chi connectivity index (χ3v) is 2.77. The molecule has 1 aromatic rings. The van der Waals surface area contributed by atoms with Crippen LogP contribution in [0.4, 0.5) is 11.6 Å². The van der Waals surface area contributed by atoms with Gasteiger partial charge in [0.1, 0.15) is 0 Å². The van der Waals surface area contributed by atoms with Gasteiger partial charge in [0.05, 0.1) is 0 Å². The van der Waals surface area contributed by atoms with Crippen LogP contribution in [0, 0.1) is 0 Å². The number of piperidine rings is 1. The molecule has 16 heavy (non-hydrogen) atoms. The zero-order valence-electron chi connectivity index (χ0n) is 9.52. The van der Waals surface area contributed by atoms with Crippen LogP contribution in [-0.4, -0.2) is 36.1 Å². The second kappa shape index (κ2) is 5.65. The zero-order valence-corrected chi connectivity index (χ0v) is 9.52. The summed E-state index contributed by atoms with van der Waals surface area (Å²) in [6.45, 7) is 3.50. The van der Waals surface area contributed by atoms with Crippen LogP contribution in [0.2, 0.25) is 0 Å². The first kappa shape index (κ1) is 11.1. The van der Waals surface area contributed by atoms with E-state index in [0.717, 1.165) is 31.3 Å². The molecule has 3 N–H and O–H groups in total. The van der Waals surface area contributed by atoms with Gasteiger partial charge in [-0.3, -0.25) is 0 Å². The van der Waals surface area contributed by atoms with E-state index < -0.39 is 0 Å². The van der Waals surface area contributed by atoms with Gasteiger partial charge in [0, 0.05) is 38.6 Å². The molecular formula is C11H19N5. The lowest BCUT2D eigenvalue weighted by Crippen LogP contribution is -2.31. The van der Waals surface area contributed by atoms with Crippen molar-refractivity contribution in [2.45, 2.75) is 19.3 Å². The highest BCUT2D eigenvalue weighted by atomic mass is 15.2. The number of hydrogen-bond acceptors (Lipinski definition) is 5. The van der Waals surface area contributed by atoms with Gasteiger partial charge in [0.15, 0.2) is 11.6 Å². The van der Waals surface area contributed by atoms with Crippen LogP contribution in [0.5, 0.6) is 0 Å². The van der Waals surface area contributed by atoms with Crippen molar-refractivity contribution in [2.75, 3.05) is 36.4 Å². The number of rotatable bonds is 4. The standard InChI is InChI=1S/C11H19N5/c12-4-5-13-10-11(15-7-6-14-10)16-8-2-1-3-9-16/h6-7H,1-5,8-9,12H2,(H,13,14). The summed E-state index contributed by atoms with van der Waals surface area (Å²) in [5, 5.41) is 3.22. The van der Waals surface area contributed by atoms with Gasteiger partial charge in [-0.25, -0.2) is 9.97 Å². The Hall–Kier alpha value is -1.36. The van der Waals surface area contributed by atoms with Crippen molar-refractivity contribution >= 4 is 11.6 Å². The Labute approximate surface area is 96.1 Å². The van der Waals surface area contributed by atoms with Gasteiger partial charge < -0.3 is 16.0 Å². The first-order valence-corrected chi connectivity index (χ1v) is 5.91. The van der Waals surface area contributed by atoms with E-state index in [1.807, 2.05) is 0 Å². The van der Waals surface area contributed by atoms with E-state index in [1.54, 1.807) is 12.4 Å². The van der Waals surface area contributed by atoms with Crippen LogP contribution in [0.3, 0.4) is 0 Å². The van der Waals surface area contributed by atoms with Gasteiger partial charge >= 0.3 is 0 Å². The predicted octanol–water partition coefficient (Wildman–Crippen LogP) is 0.837. The maximum Gasteiger partial charge on any atom is 0.171 e. The van der Waals surface area contributed by atoms with Crippen molar-refractivity contribution in [3.63, 3.8) is 0 Å². The molecule has 0 atom stereocenters. The monoisotopic (exact) mass is 221 g/mol. The highest BCUT2D eigenvalue weighted by Gasteiger charge is 2.15. The Morgan fingerprint density at radius 2 is 1.94 bits per heavy atom. The molecule has 1 aliphatic heterocycles. The lowest BCUT2D eigenvalue weighted by molar-refractivity contribution is 0.573. The largest absolute Gasteiger partial charge is 0.366 e. The van der Waals surface area contributed by atoms with Crippen molar-refractivity contribution < 1.29 is 0 Å². The van der Waals surface area contributed by atoms with Gasteiger partial charge in [0.2, 0.25) is 0 Å². The fourth-order valence-corrected chi connectivity index (χ4v) is 1.98. The topological polar surface area (TPSA) is 67.1 Å². The lowest BCUT2D eigenvalue weighted by Gasteiger charge is -2.28. The molecule has 1 aromatic heterocycles. The minimum Gasteiger partial charge on any atom is -0.366 e. The molecule has 0 radical (unpaired) electrons. The number of hydrogen-bond donors (Lipinski definition) is 2. The summed E-state index contributed by atoms with van der Waals surface area (Å²) < 4.78 is 0. The molecular weight excluding hydrogens is 202 g/mol. The van der Waals surface area contributed by atoms with Crippen molar-refractivity contribution in [1.82, 2.24) is 9.97 Å². The molecule has 5 heteroatoms. The average molecular weight is 221 g/mol. The minimum absolute atomic E-state index is 0.607. The molecule has 0 unspecified atom stereocenters. The summed E-state index contributed by atoms with van der Waals surface area (Å²) in [5.74, 6) is 1.82. The van der Waals surface area contributed by atoms with E-state index in [4.69, 9.17) is 5.73 Å². The molecule has 2 heterocycles. The lowest BCUT2D eigenvalue weighted by atomic mass is 10.1. The summed E-state index contributed by atoms with van der Waals surface area (Å²) in [5.41, 5.74) is 5.48. The molecule has 1 fully saturated rings. The maximum atomic E-state index is 5.48. The second-order valence-corrected chi connectivity index (χ2v) is 3.99. The van der Waals surface area contributed by atoms with E-state index in [0.29, 0.717) is 6.54 Å². The fraction of sp³-hybridized carbons (Fsp3) is 0.636. The number of nitrogens with one attached hydrogen (secondary N) is 1. The molecule has 2 rings (SSSR count). The Kier molecular flexibility index (Phi) is 3.93. The van der Waals surface area contributed by atoms with Crippen LogP contribution in [-0.2, 0) is 0 Å². The van der Waals surface area contributed by atoms with Crippen LogP contribution in [0.1, 0.15) is 19.3 Å². The molecule has 1 aliphatic rings. The van der Waals surface area contributed by atoms with E-state index in [1.165, 1.54) is 19.3 Å². The van der Waals surface area contributed by atoms with E-state index >= 15 is 0 Å². The molecule has 0 aromatic carbocycles. The van der Waals surface area contributed by atoms with Gasteiger partial charge in [-0.15, -0.1) is 0 Å². The first-order chi connectivity index (χ1) is 7.92. The maximum absolute atomic E-state index is 5.48. The third kappa shape index (κ3) is 2.61. The Balaban J connectivity index is 2.11. The molecule has 0 saturated carbocycles. The Morgan fingerprint density at radius 3 is 2.69 bits per heavy atom. The summed E-state index contributed by atoms with van der Waals surface area (Å²) in [6, 6.07) is 0. The second-order valence-electron chi connectivity index (χ2n) is 3.99. The summed E-state index contributed by atoms with van der Waals surface area (Å²) >= 11 is 0. The third-order valence-electron chi connectivity index (χ3n) is 2.77. The van der Waals surface area contributed by atoms with E-state index in [-0.39, 0.29) is 0 Å². The van der Waals surface area contributed by atoms with E-state index in [2.05, 4.69) is 20.2 Å². The van der Waals surface area contributed by atoms with Crippen molar-refractivity contribution in [3.8, 4) is 0 Å². The molecule has 0 spiro atoms. The highest BCUT2D eigenvalue weighted by molar-refractivity contribution is 5.60. The number of nitrogens with two attached hydrogens (primary N) is 1.